The van der Waals surface area contributed by atoms with Crippen molar-refractivity contribution in [2.75, 3.05) is 11.4 Å². The smallest absolute Gasteiger partial charge is 0.0541 e. The van der Waals surface area contributed by atoms with E-state index in [2.05, 4.69) is 239 Å². The molecule has 0 atom stereocenters. The molecule has 0 aliphatic heterocycles. The topological polar surface area (TPSA) is 13.1 Å². The first-order valence-corrected chi connectivity index (χ1v) is 19.8. The summed E-state index contributed by atoms with van der Waals surface area (Å²) < 4.78 is 4.72. The molecule has 3 heteroatoms. The van der Waals surface area contributed by atoms with Crippen molar-refractivity contribution in [1.29, 1.82) is 0 Å². The summed E-state index contributed by atoms with van der Waals surface area (Å²) in [6.45, 7) is 4.75. The predicted octanol–water partition coefficient (Wildman–Crippen LogP) is 14.6. The lowest BCUT2D eigenvalue weighted by atomic mass is 9.97. The second-order valence-electron chi connectivity index (χ2n) is 14.6. The van der Waals surface area contributed by atoms with Crippen LogP contribution in [0.1, 0.15) is 0 Å². The Bertz CT molecular complexity index is 2980. The van der Waals surface area contributed by atoms with Crippen LogP contribution in [0.2, 0.25) is 0 Å². The minimum Gasteiger partial charge on any atom is -0.338 e. The van der Waals surface area contributed by atoms with Gasteiger partial charge in [0.1, 0.15) is 0 Å². The molecule has 3 nitrogen and oxygen atoms in total. The molecule has 0 saturated heterocycles. The summed E-state index contributed by atoms with van der Waals surface area (Å²) in [5.41, 5.74) is 13.8. The maximum Gasteiger partial charge on any atom is 0.0541 e. The van der Waals surface area contributed by atoms with Crippen molar-refractivity contribution in [3.63, 3.8) is 0 Å². The van der Waals surface area contributed by atoms with Crippen LogP contribution in [0, 0.1) is 0 Å². The maximum absolute atomic E-state index is 4.12. The van der Waals surface area contributed by atoms with E-state index in [0.717, 1.165) is 22.8 Å². The molecule has 10 aromatic rings. The molecule has 0 aliphatic carbocycles. The van der Waals surface area contributed by atoms with Gasteiger partial charge in [-0.25, -0.2) is 0 Å². The lowest BCUT2D eigenvalue weighted by Crippen LogP contribution is -2.17. The number of hydrogen-bond donors (Lipinski definition) is 0. The van der Waals surface area contributed by atoms with Crippen LogP contribution in [-0.4, -0.2) is 15.7 Å². The number of para-hydroxylation sites is 4. The molecule has 2 aromatic heterocycles. The number of benzene rings is 8. The van der Waals surface area contributed by atoms with E-state index in [-0.39, 0.29) is 0 Å². The van der Waals surface area contributed by atoms with Crippen LogP contribution < -0.4 is 4.90 Å². The fourth-order valence-corrected chi connectivity index (χ4v) is 8.51. The molecule has 0 bridgehead atoms. The number of allylic oxidation sites excluding steroid dienone is 4. The Morgan fingerprint density at radius 1 is 0.448 bits per heavy atom. The fourth-order valence-electron chi connectivity index (χ4n) is 8.51. The van der Waals surface area contributed by atoms with Gasteiger partial charge in [0.05, 0.1) is 22.1 Å². The van der Waals surface area contributed by atoms with Crippen molar-refractivity contribution in [3.8, 4) is 27.9 Å². The van der Waals surface area contributed by atoms with Gasteiger partial charge < -0.3 is 14.0 Å². The van der Waals surface area contributed by atoms with Gasteiger partial charge in [0.15, 0.2) is 0 Å². The van der Waals surface area contributed by atoms with Crippen LogP contribution in [0.5, 0.6) is 0 Å². The van der Waals surface area contributed by atoms with Gasteiger partial charge in [-0.2, -0.15) is 0 Å². The summed E-state index contributed by atoms with van der Waals surface area (Å²) in [7, 11) is 0. The van der Waals surface area contributed by atoms with Crippen LogP contribution >= 0.6 is 0 Å². The minimum absolute atomic E-state index is 0.632. The molecule has 0 fully saturated rings. The van der Waals surface area contributed by atoms with Gasteiger partial charge in [0.25, 0.3) is 0 Å². The van der Waals surface area contributed by atoms with Gasteiger partial charge >= 0.3 is 0 Å². The van der Waals surface area contributed by atoms with E-state index in [1.54, 1.807) is 0 Å². The zero-order chi connectivity index (χ0) is 38.8. The molecule has 0 unspecified atom stereocenters. The molecular formula is C55H41N3. The van der Waals surface area contributed by atoms with Gasteiger partial charge in [-0.05, 0) is 101 Å². The Morgan fingerprint density at radius 2 is 0.897 bits per heavy atom. The first kappa shape index (κ1) is 34.8. The highest BCUT2D eigenvalue weighted by Crippen LogP contribution is 2.38. The average molecular weight is 744 g/mol. The van der Waals surface area contributed by atoms with Crippen molar-refractivity contribution < 1.29 is 0 Å². The van der Waals surface area contributed by atoms with Gasteiger partial charge in [-0.3, -0.25) is 0 Å². The van der Waals surface area contributed by atoms with Crippen LogP contribution in [0.3, 0.4) is 0 Å². The summed E-state index contributed by atoms with van der Waals surface area (Å²) in [5.74, 6) is 0. The van der Waals surface area contributed by atoms with E-state index >= 15 is 0 Å². The van der Waals surface area contributed by atoms with Crippen molar-refractivity contribution in [2.45, 2.75) is 0 Å². The molecule has 0 N–H and O–H groups in total. The van der Waals surface area contributed by atoms with Gasteiger partial charge in [0, 0.05) is 50.8 Å². The number of hydrogen-bond acceptors (Lipinski definition) is 1. The molecule has 2 heterocycles. The van der Waals surface area contributed by atoms with Crippen LogP contribution in [0.25, 0.3) is 77.2 Å². The lowest BCUT2D eigenvalue weighted by Gasteiger charge is -2.26. The summed E-state index contributed by atoms with van der Waals surface area (Å²) in [4.78, 5) is 2.42. The first-order chi connectivity index (χ1) is 28.7. The van der Waals surface area contributed by atoms with Crippen molar-refractivity contribution in [2.24, 2.45) is 0 Å². The van der Waals surface area contributed by atoms with E-state index in [1.807, 2.05) is 6.08 Å². The largest absolute Gasteiger partial charge is 0.338 e. The Kier molecular flexibility index (Phi) is 9.09. The summed E-state index contributed by atoms with van der Waals surface area (Å²) >= 11 is 0. The van der Waals surface area contributed by atoms with E-state index < -0.39 is 0 Å². The first-order valence-electron chi connectivity index (χ1n) is 19.8. The zero-order valence-electron chi connectivity index (χ0n) is 32.1. The third-order valence-electron chi connectivity index (χ3n) is 11.1. The maximum atomic E-state index is 4.12. The molecule has 0 spiro atoms. The normalized spacial score (nSPS) is 12.0. The molecule has 0 aliphatic rings. The molecule has 10 rings (SSSR count). The van der Waals surface area contributed by atoms with Gasteiger partial charge in [-0.1, -0.05) is 152 Å². The quantitative estimate of drug-likeness (QED) is 0.127. The van der Waals surface area contributed by atoms with E-state index in [4.69, 9.17) is 0 Å². The molecule has 0 amide bonds. The second kappa shape index (κ2) is 15.1. The highest BCUT2D eigenvalue weighted by atomic mass is 15.1. The number of fused-ring (bicyclic) bond motifs is 6. The monoisotopic (exact) mass is 743 g/mol. The number of anilines is 2. The SMILES string of the molecule is C=C/C=C(\C=C/CN(c1ccc(-n2c3ccccc3c3ccccc32)cc1)c1cc(-c2ccccc2)cc(-c2ccccc2)c1)n1c2ccccc2c2ccccc21. The highest BCUT2D eigenvalue weighted by Gasteiger charge is 2.16. The predicted molar refractivity (Wildman–Crippen MR) is 248 cm³/mol. The molecule has 0 saturated carbocycles. The van der Waals surface area contributed by atoms with Crippen LogP contribution in [0.4, 0.5) is 11.4 Å². The van der Waals surface area contributed by atoms with E-state index in [0.29, 0.717) is 6.54 Å². The fraction of sp³-hybridized carbons (Fsp3) is 0.0182. The average Bonchev–Trinajstić information content (AvgIpc) is 3.81. The van der Waals surface area contributed by atoms with E-state index in [1.165, 1.54) is 65.9 Å². The molecule has 58 heavy (non-hydrogen) atoms. The molecular weight excluding hydrogens is 703 g/mol. The Labute approximate surface area is 339 Å². The lowest BCUT2D eigenvalue weighted by molar-refractivity contribution is 1.09. The zero-order valence-corrected chi connectivity index (χ0v) is 32.1. The third-order valence-corrected chi connectivity index (χ3v) is 11.1. The summed E-state index contributed by atoms with van der Waals surface area (Å²) in [6.07, 6.45) is 8.49. The second-order valence-corrected chi connectivity index (χ2v) is 14.6. The minimum atomic E-state index is 0.632. The Balaban J connectivity index is 1.11. The third kappa shape index (κ3) is 6.29. The molecule has 0 radical (unpaired) electrons. The standard InChI is InChI=1S/C55H41N3/c1-2-18-45(57-52-28-13-9-24-48(52)49-25-10-14-29-53(49)57)23-17-36-56(47-38-42(40-19-5-3-6-20-40)37-43(39-47)41-21-7-4-8-22-41)44-32-34-46(35-33-44)58-54-30-15-11-26-50(54)51-27-12-16-31-55(51)58/h2-35,37-39H,1,36H2/b23-17-,45-18+. The Hall–Kier alpha value is -7.62. The number of nitrogens with zero attached hydrogens (tertiary/aromatic N) is 3. The van der Waals surface area contributed by atoms with Crippen LogP contribution in [-0.2, 0) is 0 Å². The molecule has 276 valence electrons. The van der Waals surface area contributed by atoms with Gasteiger partial charge in [-0.15, -0.1) is 0 Å². The van der Waals surface area contributed by atoms with Crippen molar-refractivity contribution in [3.05, 3.63) is 231 Å². The number of aromatic nitrogens is 2. The summed E-state index contributed by atoms with van der Waals surface area (Å²) in [5, 5.41) is 4.98. The highest BCUT2D eigenvalue weighted by molar-refractivity contribution is 6.11. The Morgan fingerprint density at radius 3 is 1.40 bits per heavy atom. The number of rotatable bonds is 10. The van der Waals surface area contributed by atoms with Crippen LogP contribution in [0.15, 0.2) is 231 Å². The van der Waals surface area contributed by atoms with Crippen molar-refractivity contribution in [1.82, 2.24) is 9.13 Å². The van der Waals surface area contributed by atoms with Gasteiger partial charge in [0.2, 0.25) is 0 Å². The van der Waals surface area contributed by atoms with E-state index in [9.17, 15) is 0 Å². The van der Waals surface area contributed by atoms with Crippen molar-refractivity contribution >= 4 is 60.7 Å². The summed E-state index contributed by atoms with van der Waals surface area (Å²) in [6, 6.07) is 72.0. The molecule has 8 aromatic carbocycles.